The van der Waals surface area contributed by atoms with Crippen LogP contribution in [0.4, 0.5) is 5.69 Å². The summed E-state index contributed by atoms with van der Waals surface area (Å²) in [4.78, 5) is 13.0. The van der Waals surface area contributed by atoms with Crippen LogP contribution in [0, 0.1) is 0 Å². The van der Waals surface area contributed by atoms with E-state index in [2.05, 4.69) is 15.5 Å². The highest BCUT2D eigenvalue weighted by Crippen LogP contribution is 2.36. The van der Waals surface area contributed by atoms with Crippen molar-refractivity contribution in [2.45, 2.75) is 11.7 Å². The monoisotopic (exact) mass is 544 g/mol. The number of furan rings is 2. The van der Waals surface area contributed by atoms with Crippen molar-refractivity contribution < 1.29 is 18.4 Å². The molecule has 8 nitrogen and oxygen atoms in total. The molecule has 38 heavy (non-hydrogen) atoms. The summed E-state index contributed by atoms with van der Waals surface area (Å²) in [6, 6.07) is 22.5. The second-order valence-electron chi connectivity index (χ2n) is 8.47. The van der Waals surface area contributed by atoms with Gasteiger partial charge in [-0.3, -0.25) is 9.36 Å². The van der Waals surface area contributed by atoms with Gasteiger partial charge in [0.2, 0.25) is 5.91 Å². The summed E-state index contributed by atoms with van der Waals surface area (Å²) in [5.74, 6) is 1.80. The molecular formula is C28H21ClN4O4S. The summed E-state index contributed by atoms with van der Waals surface area (Å²) in [5.41, 5.74) is 2.78. The molecule has 3 aromatic carbocycles. The van der Waals surface area contributed by atoms with Crippen LogP contribution in [-0.2, 0) is 11.3 Å². The Morgan fingerprint density at radius 3 is 2.74 bits per heavy atom. The van der Waals surface area contributed by atoms with Gasteiger partial charge < -0.3 is 18.9 Å². The first-order valence-electron chi connectivity index (χ1n) is 11.7. The molecular weight excluding hydrogens is 524 g/mol. The van der Waals surface area contributed by atoms with Crippen LogP contribution in [0.3, 0.4) is 0 Å². The SMILES string of the molecule is COc1cc2c(cc1NC(=O)CSc1nnc(-c3cccc(Cl)c3)n1Cc1ccco1)oc1ccccc12. The molecule has 6 rings (SSSR count). The lowest BCUT2D eigenvalue weighted by atomic mass is 10.1. The van der Waals surface area contributed by atoms with Crippen LogP contribution >= 0.6 is 23.4 Å². The molecule has 3 heterocycles. The molecule has 0 aliphatic heterocycles. The van der Waals surface area contributed by atoms with E-state index in [1.54, 1.807) is 25.5 Å². The number of para-hydroxylation sites is 1. The number of thioether (sulfide) groups is 1. The predicted octanol–water partition coefficient (Wildman–Crippen LogP) is 6.88. The number of nitrogens with one attached hydrogen (secondary N) is 1. The molecule has 0 fully saturated rings. The van der Waals surface area contributed by atoms with Crippen LogP contribution in [0.15, 0.2) is 93.1 Å². The maximum atomic E-state index is 13.0. The molecule has 3 aromatic heterocycles. The number of ether oxygens (including phenoxy) is 1. The van der Waals surface area contributed by atoms with Gasteiger partial charge in [0, 0.05) is 27.4 Å². The maximum Gasteiger partial charge on any atom is 0.234 e. The molecule has 0 aliphatic rings. The van der Waals surface area contributed by atoms with Gasteiger partial charge in [-0.15, -0.1) is 10.2 Å². The maximum absolute atomic E-state index is 13.0. The summed E-state index contributed by atoms with van der Waals surface area (Å²) in [7, 11) is 1.57. The second kappa shape index (κ2) is 10.3. The number of hydrogen-bond acceptors (Lipinski definition) is 7. The number of benzene rings is 3. The Labute approximate surface area is 226 Å². The van der Waals surface area contributed by atoms with E-state index in [1.165, 1.54) is 11.8 Å². The molecule has 190 valence electrons. The van der Waals surface area contributed by atoms with Crippen molar-refractivity contribution in [3.05, 3.63) is 89.8 Å². The summed E-state index contributed by atoms with van der Waals surface area (Å²) < 4.78 is 19.0. The zero-order valence-electron chi connectivity index (χ0n) is 20.2. The number of amides is 1. The van der Waals surface area contributed by atoms with E-state index in [-0.39, 0.29) is 11.7 Å². The summed E-state index contributed by atoms with van der Waals surface area (Å²) in [6.07, 6.45) is 1.62. The molecule has 0 atom stereocenters. The molecule has 1 N–H and O–H groups in total. The van der Waals surface area contributed by atoms with E-state index in [0.29, 0.717) is 39.6 Å². The number of fused-ring (bicyclic) bond motifs is 3. The third-order valence-electron chi connectivity index (χ3n) is 6.00. The zero-order valence-corrected chi connectivity index (χ0v) is 21.8. The van der Waals surface area contributed by atoms with Crippen LogP contribution < -0.4 is 10.1 Å². The molecule has 1 amide bonds. The molecule has 0 bridgehead atoms. The summed E-state index contributed by atoms with van der Waals surface area (Å²) >= 11 is 7.48. The van der Waals surface area contributed by atoms with Gasteiger partial charge in [0.1, 0.15) is 22.7 Å². The lowest BCUT2D eigenvalue weighted by molar-refractivity contribution is -0.113. The van der Waals surface area contributed by atoms with E-state index in [9.17, 15) is 4.79 Å². The predicted molar refractivity (Wildman–Crippen MR) is 148 cm³/mol. The average Bonchev–Trinajstić information content (AvgIpc) is 3.66. The normalized spacial score (nSPS) is 11.3. The van der Waals surface area contributed by atoms with Crippen molar-refractivity contribution in [1.29, 1.82) is 0 Å². The highest BCUT2D eigenvalue weighted by atomic mass is 35.5. The first kappa shape index (κ1) is 24.1. The zero-order chi connectivity index (χ0) is 26.1. The fourth-order valence-corrected chi connectivity index (χ4v) is 5.20. The number of halogens is 1. The number of rotatable bonds is 8. The molecule has 0 radical (unpaired) electrons. The van der Waals surface area contributed by atoms with E-state index in [1.807, 2.05) is 65.2 Å². The van der Waals surface area contributed by atoms with Crippen LogP contribution in [-0.4, -0.2) is 33.5 Å². The third kappa shape index (κ3) is 4.73. The first-order chi connectivity index (χ1) is 18.6. The van der Waals surface area contributed by atoms with Gasteiger partial charge >= 0.3 is 0 Å². The van der Waals surface area contributed by atoms with Crippen LogP contribution in [0.1, 0.15) is 5.76 Å². The quantitative estimate of drug-likeness (QED) is 0.209. The van der Waals surface area contributed by atoms with Gasteiger partial charge in [0.05, 0.1) is 31.4 Å². The second-order valence-corrected chi connectivity index (χ2v) is 9.84. The van der Waals surface area contributed by atoms with Crippen molar-refractivity contribution in [1.82, 2.24) is 14.8 Å². The van der Waals surface area contributed by atoms with Crippen molar-refractivity contribution in [3.8, 4) is 17.1 Å². The fraction of sp³-hybridized carbons (Fsp3) is 0.107. The average molecular weight is 545 g/mol. The first-order valence-corrected chi connectivity index (χ1v) is 13.1. The Kier molecular flexibility index (Phi) is 6.53. The summed E-state index contributed by atoms with van der Waals surface area (Å²) in [6.45, 7) is 0.405. The highest BCUT2D eigenvalue weighted by molar-refractivity contribution is 7.99. The van der Waals surface area contributed by atoms with E-state index >= 15 is 0 Å². The minimum Gasteiger partial charge on any atom is -0.495 e. The van der Waals surface area contributed by atoms with Gasteiger partial charge in [0.15, 0.2) is 11.0 Å². The smallest absolute Gasteiger partial charge is 0.234 e. The Bertz CT molecular complexity index is 1760. The molecule has 0 saturated heterocycles. The van der Waals surface area contributed by atoms with Gasteiger partial charge in [-0.2, -0.15) is 0 Å². The Hall–Kier alpha value is -4.21. The van der Waals surface area contributed by atoms with Gasteiger partial charge in [-0.1, -0.05) is 53.7 Å². The third-order valence-corrected chi connectivity index (χ3v) is 7.20. The Balaban J connectivity index is 1.24. The number of carbonyl (C=O) groups excluding carboxylic acids is 1. The van der Waals surface area contributed by atoms with Crippen LogP contribution in [0.5, 0.6) is 5.75 Å². The van der Waals surface area contributed by atoms with Crippen molar-refractivity contribution >= 4 is 56.9 Å². The number of aromatic nitrogens is 3. The molecule has 0 unspecified atom stereocenters. The number of carbonyl (C=O) groups is 1. The molecule has 0 spiro atoms. The standard InChI is InChI=1S/C28H21ClN4O4S/c1-35-25-13-21-20-9-2-3-10-23(20)37-24(21)14-22(25)30-26(34)16-38-28-32-31-27(17-6-4-7-18(29)12-17)33(28)15-19-8-5-11-36-19/h2-14H,15-16H2,1H3,(H,30,34). The Morgan fingerprint density at radius 2 is 1.92 bits per heavy atom. The Morgan fingerprint density at radius 1 is 1.03 bits per heavy atom. The number of anilines is 1. The molecule has 0 aliphatic carbocycles. The van der Waals surface area contributed by atoms with Crippen molar-refractivity contribution in [2.24, 2.45) is 0 Å². The largest absolute Gasteiger partial charge is 0.495 e. The van der Waals surface area contributed by atoms with E-state index < -0.39 is 0 Å². The number of methoxy groups -OCH3 is 1. The van der Waals surface area contributed by atoms with Crippen LogP contribution in [0.25, 0.3) is 33.3 Å². The van der Waals surface area contributed by atoms with Crippen molar-refractivity contribution in [2.75, 3.05) is 18.2 Å². The fourth-order valence-electron chi connectivity index (χ4n) is 4.27. The van der Waals surface area contributed by atoms with E-state index in [0.717, 1.165) is 27.7 Å². The summed E-state index contributed by atoms with van der Waals surface area (Å²) in [5, 5.41) is 14.8. The van der Waals surface area contributed by atoms with Gasteiger partial charge in [-0.25, -0.2) is 0 Å². The van der Waals surface area contributed by atoms with Crippen molar-refractivity contribution in [3.63, 3.8) is 0 Å². The molecule has 6 aromatic rings. The minimum atomic E-state index is -0.222. The number of hydrogen-bond donors (Lipinski definition) is 1. The topological polar surface area (TPSA) is 95.3 Å². The minimum absolute atomic E-state index is 0.104. The van der Waals surface area contributed by atoms with Gasteiger partial charge in [-0.05, 0) is 36.4 Å². The molecule has 10 heteroatoms. The van der Waals surface area contributed by atoms with Gasteiger partial charge in [0.25, 0.3) is 0 Å². The van der Waals surface area contributed by atoms with Crippen LogP contribution in [0.2, 0.25) is 5.02 Å². The highest BCUT2D eigenvalue weighted by Gasteiger charge is 2.19. The lowest BCUT2D eigenvalue weighted by Crippen LogP contribution is -2.15. The lowest BCUT2D eigenvalue weighted by Gasteiger charge is -2.11. The molecule has 0 saturated carbocycles. The van der Waals surface area contributed by atoms with E-state index in [4.69, 9.17) is 25.2 Å². The number of nitrogens with zero attached hydrogens (tertiary/aromatic N) is 3.